The first kappa shape index (κ1) is 14.5. The van der Waals surface area contributed by atoms with E-state index in [2.05, 4.69) is 43.3 Å². The minimum absolute atomic E-state index is 0.250. The van der Waals surface area contributed by atoms with E-state index in [4.69, 9.17) is 4.98 Å². The lowest BCUT2D eigenvalue weighted by Crippen LogP contribution is -1.90. The molecule has 0 atom stereocenters. The Morgan fingerprint density at radius 1 is 0.750 bits per heavy atom. The number of hydrogen-bond acceptors (Lipinski definition) is 2. The summed E-state index contributed by atoms with van der Waals surface area (Å²) in [7, 11) is 0. The van der Waals surface area contributed by atoms with Crippen LogP contribution in [0.5, 0.6) is 5.75 Å². The second kappa shape index (κ2) is 5.82. The first-order valence-electron chi connectivity index (χ1n) is 7.97. The lowest BCUT2D eigenvalue weighted by atomic mass is 9.97. The van der Waals surface area contributed by atoms with Gasteiger partial charge in [0.05, 0.1) is 11.2 Å². The van der Waals surface area contributed by atoms with Crippen LogP contribution in [0, 0.1) is 6.92 Å². The molecule has 0 saturated heterocycles. The molecule has 0 aliphatic heterocycles. The summed E-state index contributed by atoms with van der Waals surface area (Å²) in [5, 5.41) is 10.9. The highest BCUT2D eigenvalue weighted by molar-refractivity contribution is 5.97. The third-order valence-electron chi connectivity index (χ3n) is 4.19. The van der Waals surface area contributed by atoms with Crippen molar-refractivity contribution in [2.24, 2.45) is 0 Å². The summed E-state index contributed by atoms with van der Waals surface area (Å²) in [6.45, 7) is 2.07. The molecule has 0 fully saturated rings. The van der Waals surface area contributed by atoms with E-state index in [0.717, 1.165) is 33.3 Å². The van der Waals surface area contributed by atoms with Gasteiger partial charge in [-0.05, 0) is 47.9 Å². The number of phenols is 1. The third-order valence-corrected chi connectivity index (χ3v) is 4.19. The van der Waals surface area contributed by atoms with Crippen molar-refractivity contribution in [1.29, 1.82) is 0 Å². The molecule has 3 aromatic carbocycles. The standard InChI is InChI=1S/C22H17NO/c1-15-10-11-19-20(16-6-3-2-4-7-16)14-21(23-22(19)12-15)17-8-5-9-18(24)13-17/h2-14,24H,1H3. The van der Waals surface area contributed by atoms with Gasteiger partial charge in [0.2, 0.25) is 0 Å². The van der Waals surface area contributed by atoms with Gasteiger partial charge in [-0.15, -0.1) is 0 Å². The van der Waals surface area contributed by atoms with Crippen LogP contribution in [0.25, 0.3) is 33.3 Å². The van der Waals surface area contributed by atoms with Crippen LogP contribution in [0.3, 0.4) is 0 Å². The molecule has 1 aromatic heterocycles. The van der Waals surface area contributed by atoms with Crippen LogP contribution < -0.4 is 0 Å². The topological polar surface area (TPSA) is 33.1 Å². The van der Waals surface area contributed by atoms with Crippen molar-refractivity contribution in [2.45, 2.75) is 6.92 Å². The average Bonchev–Trinajstić information content (AvgIpc) is 2.61. The Morgan fingerprint density at radius 2 is 1.54 bits per heavy atom. The number of aryl methyl sites for hydroxylation is 1. The molecule has 0 unspecified atom stereocenters. The fourth-order valence-electron chi connectivity index (χ4n) is 3.01. The number of fused-ring (bicyclic) bond motifs is 1. The quantitative estimate of drug-likeness (QED) is 0.524. The van der Waals surface area contributed by atoms with Gasteiger partial charge < -0.3 is 5.11 Å². The van der Waals surface area contributed by atoms with Gasteiger partial charge in [0, 0.05) is 10.9 Å². The summed E-state index contributed by atoms with van der Waals surface area (Å²) >= 11 is 0. The molecule has 2 heteroatoms. The zero-order valence-corrected chi connectivity index (χ0v) is 13.4. The Labute approximate surface area is 141 Å². The van der Waals surface area contributed by atoms with Gasteiger partial charge in [0.15, 0.2) is 0 Å². The molecule has 116 valence electrons. The number of pyridine rings is 1. The zero-order valence-electron chi connectivity index (χ0n) is 13.4. The normalized spacial score (nSPS) is 10.9. The Hall–Kier alpha value is -3.13. The van der Waals surface area contributed by atoms with Gasteiger partial charge >= 0.3 is 0 Å². The predicted octanol–water partition coefficient (Wildman–Crippen LogP) is 5.58. The van der Waals surface area contributed by atoms with Crippen LogP contribution >= 0.6 is 0 Å². The van der Waals surface area contributed by atoms with Crippen molar-refractivity contribution in [2.75, 3.05) is 0 Å². The SMILES string of the molecule is Cc1ccc2c(-c3ccccc3)cc(-c3cccc(O)c3)nc2c1. The third kappa shape index (κ3) is 2.63. The van der Waals surface area contributed by atoms with Crippen molar-refractivity contribution in [3.63, 3.8) is 0 Å². The molecule has 24 heavy (non-hydrogen) atoms. The summed E-state index contributed by atoms with van der Waals surface area (Å²) in [5.41, 5.74) is 6.24. The Kier molecular flexibility index (Phi) is 3.51. The lowest BCUT2D eigenvalue weighted by molar-refractivity contribution is 0.475. The molecule has 0 spiro atoms. The second-order valence-corrected chi connectivity index (χ2v) is 5.99. The maximum Gasteiger partial charge on any atom is 0.116 e. The minimum Gasteiger partial charge on any atom is -0.508 e. The summed E-state index contributed by atoms with van der Waals surface area (Å²) in [5.74, 6) is 0.250. The fraction of sp³-hybridized carbons (Fsp3) is 0.0455. The average molecular weight is 311 g/mol. The van der Waals surface area contributed by atoms with Crippen molar-refractivity contribution >= 4 is 10.9 Å². The molecule has 4 aromatic rings. The molecular formula is C22H17NO. The summed E-state index contributed by atoms with van der Waals surface area (Å²) in [4.78, 5) is 4.82. The Balaban J connectivity index is 2.03. The molecule has 0 amide bonds. The number of rotatable bonds is 2. The van der Waals surface area contributed by atoms with E-state index in [1.165, 1.54) is 5.56 Å². The van der Waals surface area contributed by atoms with E-state index in [9.17, 15) is 5.11 Å². The van der Waals surface area contributed by atoms with E-state index in [-0.39, 0.29) is 5.75 Å². The molecular weight excluding hydrogens is 294 g/mol. The second-order valence-electron chi connectivity index (χ2n) is 5.99. The monoisotopic (exact) mass is 311 g/mol. The predicted molar refractivity (Wildman–Crippen MR) is 99.0 cm³/mol. The zero-order chi connectivity index (χ0) is 16.5. The molecule has 1 N–H and O–H groups in total. The Bertz CT molecular complexity index is 1020. The van der Waals surface area contributed by atoms with Crippen LogP contribution in [-0.4, -0.2) is 10.1 Å². The molecule has 4 rings (SSSR count). The van der Waals surface area contributed by atoms with Crippen LogP contribution in [0.4, 0.5) is 0 Å². The van der Waals surface area contributed by atoms with Crippen LogP contribution in [0.2, 0.25) is 0 Å². The van der Waals surface area contributed by atoms with Gasteiger partial charge in [-0.3, -0.25) is 0 Å². The first-order valence-corrected chi connectivity index (χ1v) is 7.97. The van der Waals surface area contributed by atoms with E-state index in [1.807, 2.05) is 30.3 Å². The van der Waals surface area contributed by atoms with Gasteiger partial charge in [-0.1, -0.05) is 54.6 Å². The highest BCUT2D eigenvalue weighted by Crippen LogP contribution is 2.33. The van der Waals surface area contributed by atoms with E-state index >= 15 is 0 Å². The first-order chi connectivity index (χ1) is 11.7. The molecule has 0 aliphatic carbocycles. The number of nitrogens with zero attached hydrogens (tertiary/aromatic N) is 1. The van der Waals surface area contributed by atoms with Crippen LogP contribution in [0.15, 0.2) is 78.9 Å². The van der Waals surface area contributed by atoms with Gasteiger partial charge in [-0.25, -0.2) is 4.98 Å². The maximum absolute atomic E-state index is 9.79. The van der Waals surface area contributed by atoms with Crippen molar-refractivity contribution in [3.8, 4) is 28.1 Å². The molecule has 1 heterocycles. The smallest absolute Gasteiger partial charge is 0.116 e. The summed E-state index contributed by atoms with van der Waals surface area (Å²) < 4.78 is 0. The number of aromatic hydroxyl groups is 1. The molecule has 0 radical (unpaired) electrons. The number of hydrogen-bond donors (Lipinski definition) is 1. The molecule has 0 aliphatic rings. The van der Waals surface area contributed by atoms with Crippen LogP contribution in [-0.2, 0) is 0 Å². The molecule has 0 saturated carbocycles. The van der Waals surface area contributed by atoms with E-state index < -0.39 is 0 Å². The largest absolute Gasteiger partial charge is 0.508 e. The number of phenolic OH excluding ortho intramolecular Hbond substituents is 1. The highest BCUT2D eigenvalue weighted by atomic mass is 16.3. The van der Waals surface area contributed by atoms with Crippen molar-refractivity contribution < 1.29 is 5.11 Å². The minimum atomic E-state index is 0.250. The van der Waals surface area contributed by atoms with Gasteiger partial charge in [0.1, 0.15) is 5.75 Å². The van der Waals surface area contributed by atoms with Crippen molar-refractivity contribution in [3.05, 3.63) is 84.4 Å². The van der Waals surface area contributed by atoms with Crippen molar-refractivity contribution in [1.82, 2.24) is 4.98 Å². The van der Waals surface area contributed by atoms with E-state index in [0.29, 0.717) is 0 Å². The summed E-state index contributed by atoms with van der Waals surface area (Å²) in [6.07, 6.45) is 0. The lowest BCUT2D eigenvalue weighted by Gasteiger charge is -2.11. The highest BCUT2D eigenvalue weighted by Gasteiger charge is 2.10. The molecule has 2 nitrogen and oxygen atoms in total. The van der Waals surface area contributed by atoms with Gasteiger partial charge in [0.25, 0.3) is 0 Å². The van der Waals surface area contributed by atoms with Gasteiger partial charge in [-0.2, -0.15) is 0 Å². The molecule has 0 bridgehead atoms. The summed E-state index contributed by atoms with van der Waals surface area (Å²) in [6, 6.07) is 26.0. The number of aromatic nitrogens is 1. The van der Waals surface area contributed by atoms with E-state index in [1.54, 1.807) is 12.1 Å². The maximum atomic E-state index is 9.79. The Morgan fingerprint density at radius 3 is 2.33 bits per heavy atom. The fourth-order valence-corrected chi connectivity index (χ4v) is 3.01. The number of benzene rings is 3. The van der Waals surface area contributed by atoms with Crippen LogP contribution in [0.1, 0.15) is 5.56 Å².